The maximum atomic E-state index is 10.9. The van der Waals surface area contributed by atoms with Gasteiger partial charge in [0.2, 0.25) is 0 Å². The van der Waals surface area contributed by atoms with Crippen LogP contribution in [0.5, 0.6) is 0 Å². The molecule has 0 N–H and O–H groups in total. The molecule has 14 heavy (non-hydrogen) atoms. The molecule has 3 nitrogen and oxygen atoms in total. The van der Waals surface area contributed by atoms with E-state index in [4.69, 9.17) is 4.74 Å². The highest BCUT2D eigenvalue weighted by Gasteiger charge is 2.08. The molecule has 0 heterocycles. The van der Waals surface area contributed by atoms with Crippen LogP contribution in [-0.2, 0) is 9.47 Å². The van der Waals surface area contributed by atoms with Gasteiger partial charge in [-0.1, -0.05) is 23.3 Å². The lowest BCUT2D eigenvalue weighted by Gasteiger charge is -2.05. The van der Waals surface area contributed by atoms with Crippen molar-refractivity contribution in [3.63, 3.8) is 0 Å². The smallest absolute Gasteiger partial charge is 0.437 e. The van der Waals surface area contributed by atoms with Gasteiger partial charge in [-0.2, -0.15) is 0 Å². The Morgan fingerprint density at radius 1 is 1.36 bits per heavy atom. The summed E-state index contributed by atoms with van der Waals surface area (Å²) in [4.78, 5) is 10.9. The van der Waals surface area contributed by atoms with Gasteiger partial charge in [0.25, 0.3) is 0 Å². The largest absolute Gasteiger partial charge is 0.513 e. The molecule has 0 aromatic rings. The summed E-state index contributed by atoms with van der Waals surface area (Å²) in [5.41, 5.74) is 2.30. The van der Waals surface area contributed by atoms with Crippen LogP contribution in [0, 0.1) is 0 Å². The van der Waals surface area contributed by atoms with Crippen LogP contribution < -0.4 is 0 Å². The molecular weight excluding hydrogens is 180 g/mol. The van der Waals surface area contributed by atoms with Crippen LogP contribution in [0.3, 0.4) is 0 Å². The number of hydrogen-bond acceptors (Lipinski definition) is 3. The van der Waals surface area contributed by atoms with Gasteiger partial charge in [0.15, 0.2) is 0 Å². The van der Waals surface area contributed by atoms with Crippen molar-refractivity contribution in [2.75, 3.05) is 7.11 Å². The van der Waals surface area contributed by atoms with E-state index >= 15 is 0 Å². The van der Waals surface area contributed by atoms with Crippen LogP contribution in [-0.4, -0.2) is 13.3 Å². The van der Waals surface area contributed by atoms with Crippen molar-refractivity contribution in [2.45, 2.75) is 20.3 Å². The SMILES string of the molecule is COC(=O)OC1=CC=C(C)C=C(C)C1. The zero-order valence-electron chi connectivity index (χ0n) is 8.66. The number of ether oxygens (including phenoxy) is 2. The minimum Gasteiger partial charge on any atom is -0.437 e. The molecule has 0 bridgehead atoms. The Morgan fingerprint density at radius 3 is 2.71 bits per heavy atom. The third-order valence-corrected chi connectivity index (χ3v) is 1.84. The van der Waals surface area contributed by atoms with E-state index in [1.807, 2.05) is 19.9 Å². The molecule has 3 heteroatoms. The molecule has 0 saturated heterocycles. The highest BCUT2D eigenvalue weighted by Crippen LogP contribution is 2.18. The second-order valence-corrected chi connectivity index (χ2v) is 3.27. The monoisotopic (exact) mass is 194 g/mol. The van der Waals surface area contributed by atoms with Gasteiger partial charge in [-0.3, -0.25) is 0 Å². The third kappa shape index (κ3) is 3.09. The molecule has 0 fully saturated rings. The first-order valence-electron chi connectivity index (χ1n) is 4.42. The fraction of sp³-hybridized carbons (Fsp3) is 0.364. The van der Waals surface area contributed by atoms with Gasteiger partial charge in [0.1, 0.15) is 5.76 Å². The van der Waals surface area contributed by atoms with Crippen molar-refractivity contribution in [1.29, 1.82) is 0 Å². The molecule has 0 aliphatic heterocycles. The summed E-state index contributed by atoms with van der Waals surface area (Å²) in [5, 5.41) is 0. The normalized spacial score (nSPS) is 16.1. The fourth-order valence-corrected chi connectivity index (χ4v) is 1.26. The predicted molar refractivity (Wildman–Crippen MR) is 53.7 cm³/mol. The molecule has 76 valence electrons. The van der Waals surface area contributed by atoms with E-state index in [1.54, 1.807) is 6.08 Å². The molecule has 0 saturated carbocycles. The number of carbonyl (C=O) groups is 1. The number of methoxy groups -OCH3 is 1. The molecule has 0 aromatic heterocycles. The van der Waals surface area contributed by atoms with E-state index in [1.165, 1.54) is 7.11 Å². The third-order valence-electron chi connectivity index (χ3n) is 1.84. The van der Waals surface area contributed by atoms with E-state index < -0.39 is 6.16 Å². The summed E-state index contributed by atoms with van der Waals surface area (Å²) >= 11 is 0. The molecule has 0 atom stereocenters. The average Bonchev–Trinajstić information content (AvgIpc) is 2.27. The Morgan fingerprint density at radius 2 is 2.07 bits per heavy atom. The van der Waals surface area contributed by atoms with E-state index in [9.17, 15) is 4.79 Å². The second kappa shape index (κ2) is 4.65. The summed E-state index contributed by atoms with van der Waals surface area (Å²) in [5.74, 6) is 0.613. The van der Waals surface area contributed by atoms with Gasteiger partial charge < -0.3 is 9.47 Å². The van der Waals surface area contributed by atoms with Gasteiger partial charge in [-0.15, -0.1) is 0 Å². The summed E-state index contributed by atoms with van der Waals surface area (Å²) in [6.07, 6.45) is 5.73. The summed E-state index contributed by atoms with van der Waals surface area (Å²) in [6.45, 7) is 4.00. The van der Waals surface area contributed by atoms with Gasteiger partial charge in [-0.05, 0) is 19.9 Å². The van der Waals surface area contributed by atoms with Crippen LogP contribution >= 0.6 is 0 Å². The molecule has 0 radical (unpaired) electrons. The minimum atomic E-state index is -0.669. The quantitative estimate of drug-likeness (QED) is 0.602. The Balaban J connectivity index is 2.72. The summed E-state index contributed by atoms with van der Waals surface area (Å²) < 4.78 is 9.37. The van der Waals surface area contributed by atoms with E-state index in [0.717, 1.165) is 11.1 Å². The lowest BCUT2D eigenvalue weighted by Crippen LogP contribution is -2.04. The zero-order chi connectivity index (χ0) is 10.6. The maximum Gasteiger partial charge on any atom is 0.513 e. The average molecular weight is 194 g/mol. The van der Waals surface area contributed by atoms with Crippen molar-refractivity contribution in [3.05, 3.63) is 35.1 Å². The summed E-state index contributed by atoms with van der Waals surface area (Å²) in [7, 11) is 1.30. The lowest BCUT2D eigenvalue weighted by molar-refractivity contribution is 0.0958. The van der Waals surface area contributed by atoms with Crippen molar-refractivity contribution in [3.8, 4) is 0 Å². The predicted octanol–water partition coefficient (Wildman–Crippen LogP) is 2.95. The number of hydrogen-bond donors (Lipinski definition) is 0. The molecular formula is C11H14O3. The van der Waals surface area contributed by atoms with Gasteiger partial charge in [0.05, 0.1) is 7.11 Å². The second-order valence-electron chi connectivity index (χ2n) is 3.27. The van der Waals surface area contributed by atoms with Crippen LogP contribution in [0.2, 0.25) is 0 Å². The van der Waals surface area contributed by atoms with Crippen LogP contribution in [0.1, 0.15) is 20.3 Å². The Kier molecular flexibility index (Phi) is 3.51. The van der Waals surface area contributed by atoms with Gasteiger partial charge in [0, 0.05) is 6.42 Å². The zero-order valence-corrected chi connectivity index (χ0v) is 8.66. The molecule has 0 amide bonds. The molecule has 0 unspecified atom stereocenters. The number of allylic oxidation sites excluding steroid dienone is 5. The minimum absolute atomic E-state index is 0.613. The maximum absolute atomic E-state index is 10.9. The molecule has 1 aliphatic carbocycles. The first kappa shape index (κ1) is 10.6. The molecule has 1 rings (SSSR count). The van der Waals surface area contributed by atoms with E-state index in [2.05, 4.69) is 10.8 Å². The van der Waals surface area contributed by atoms with Crippen molar-refractivity contribution in [1.82, 2.24) is 0 Å². The fourth-order valence-electron chi connectivity index (χ4n) is 1.26. The topological polar surface area (TPSA) is 35.5 Å². The van der Waals surface area contributed by atoms with Gasteiger partial charge in [-0.25, -0.2) is 4.79 Å². The van der Waals surface area contributed by atoms with Crippen LogP contribution in [0.15, 0.2) is 35.1 Å². The van der Waals surface area contributed by atoms with Crippen LogP contribution in [0.4, 0.5) is 4.79 Å². The van der Waals surface area contributed by atoms with Crippen molar-refractivity contribution in [2.24, 2.45) is 0 Å². The highest BCUT2D eigenvalue weighted by molar-refractivity contribution is 5.61. The molecule has 0 aromatic carbocycles. The molecule has 0 spiro atoms. The highest BCUT2D eigenvalue weighted by atomic mass is 16.7. The number of rotatable bonds is 1. The van der Waals surface area contributed by atoms with E-state index in [-0.39, 0.29) is 0 Å². The Hall–Kier alpha value is -1.51. The first-order chi connectivity index (χ1) is 6.61. The Labute approximate surface area is 83.7 Å². The van der Waals surface area contributed by atoms with Crippen molar-refractivity contribution < 1.29 is 14.3 Å². The van der Waals surface area contributed by atoms with Crippen molar-refractivity contribution >= 4 is 6.16 Å². The number of carbonyl (C=O) groups excluding carboxylic acids is 1. The van der Waals surface area contributed by atoms with Gasteiger partial charge >= 0.3 is 6.16 Å². The standard InChI is InChI=1S/C11H14O3/c1-8-4-5-10(7-9(2)6-8)14-11(12)13-3/h4-6H,7H2,1-3H3. The molecule has 1 aliphatic rings. The lowest BCUT2D eigenvalue weighted by atomic mass is 10.1. The van der Waals surface area contributed by atoms with Crippen LogP contribution in [0.25, 0.3) is 0 Å². The summed E-state index contributed by atoms with van der Waals surface area (Å²) in [6, 6.07) is 0. The van der Waals surface area contributed by atoms with E-state index in [0.29, 0.717) is 12.2 Å². The first-order valence-corrected chi connectivity index (χ1v) is 4.42. The Bertz CT molecular complexity index is 321.